The minimum absolute atomic E-state index is 0.0741. The quantitative estimate of drug-likeness (QED) is 0.124. The first-order valence-electron chi connectivity index (χ1n) is 13.8. The lowest BCUT2D eigenvalue weighted by Gasteiger charge is -2.10. The van der Waals surface area contributed by atoms with Crippen molar-refractivity contribution in [3.8, 4) is 17.2 Å². The second-order valence-corrected chi connectivity index (χ2v) is 10.5. The lowest BCUT2D eigenvalue weighted by Crippen LogP contribution is -2.20. The zero-order chi connectivity index (χ0) is 31.1. The van der Waals surface area contributed by atoms with Crippen molar-refractivity contribution in [2.75, 3.05) is 11.9 Å². The molecule has 0 atom stereocenters. The van der Waals surface area contributed by atoms with Crippen LogP contribution in [0.5, 0.6) is 11.5 Å². The van der Waals surface area contributed by atoms with Crippen molar-refractivity contribution in [2.24, 2.45) is 5.10 Å². The maximum absolute atomic E-state index is 12.6. The zero-order valence-corrected chi connectivity index (χ0v) is 25.2. The van der Waals surface area contributed by atoms with E-state index in [1.54, 1.807) is 30.3 Å². The molecule has 0 spiro atoms. The summed E-state index contributed by atoms with van der Waals surface area (Å²) in [5.74, 6) is 0.735. The number of furan rings is 1. The number of benzene rings is 3. The van der Waals surface area contributed by atoms with E-state index in [0.717, 1.165) is 22.6 Å². The molecule has 2 aromatic heterocycles. The fourth-order valence-electron chi connectivity index (χ4n) is 4.44. The molecule has 0 aliphatic carbocycles. The average Bonchev–Trinajstić information content (AvgIpc) is 3.63. The summed E-state index contributed by atoms with van der Waals surface area (Å²) in [6.07, 6.45) is 1.38. The highest BCUT2D eigenvalue weighted by Crippen LogP contribution is 2.23. The Labute approximate surface area is 260 Å². The van der Waals surface area contributed by atoms with Crippen molar-refractivity contribution in [1.82, 2.24) is 9.99 Å². The number of rotatable bonds is 11. The molecular weight excluding hydrogens is 580 g/mol. The van der Waals surface area contributed by atoms with E-state index < -0.39 is 5.91 Å². The third-order valence-corrected chi connectivity index (χ3v) is 6.90. The van der Waals surface area contributed by atoms with Crippen LogP contribution in [0.25, 0.3) is 5.69 Å². The highest BCUT2D eigenvalue weighted by Gasteiger charge is 2.12. The van der Waals surface area contributed by atoms with E-state index in [-0.39, 0.29) is 24.9 Å². The van der Waals surface area contributed by atoms with Gasteiger partial charge in [0.05, 0.1) is 6.21 Å². The van der Waals surface area contributed by atoms with Gasteiger partial charge in [0, 0.05) is 33.3 Å². The van der Waals surface area contributed by atoms with Gasteiger partial charge in [0.2, 0.25) is 0 Å². The van der Waals surface area contributed by atoms with Crippen LogP contribution in [0.3, 0.4) is 0 Å². The highest BCUT2D eigenvalue weighted by molar-refractivity contribution is 6.30. The van der Waals surface area contributed by atoms with E-state index in [1.165, 1.54) is 6.21 Å². The maximum Gasteiger partial charge on any atom is 0.307 e. The Bertz CT molecular complexity index is 1770. The Balaban J connectivity index is 1.13. The summed E-state index contributed by atoms with van der Waals surface area (Å²) >= 11 is 6.15. The summed E-state index contributed by atoms with van der Waals surface area (Å²) in [7, 11) is 0. The molecule has 0 saturated carbocycles. The molecule has 0 aliphatic rings. The molecule has 0 bridgehead atoms. The number of aromatic nitrogens is 1. The van der Waals surface area contributed by atoms with E-state index in [2.05, 4.69) is 46.4 Å². The molecule has 0 unspecified atom stereocenters. The van der Waals surface area contributed by atoms with E-state index >= 15 is 0 Å². The molecule has 2 heterocycles. The molecular formula is C34H31ClN4O5. The Morgan fingerprint density at radius 2 is 1.61 bits per heavy atom. The van der Waals surface area contributed by atoms with Crippen LogP contribution in [-0.2, 0) is 11.4 Å². The van der Waals surface area contributed by atoms with Gasteiger partial charge in [-0.25, -0.2) is 5.43 Å². The van der Waals surface area contributed by atoms with Crippen molar-refractivity contribution < 1.29 is 23.5 Å². The number of carbonyl (C=O) groups excluding carboxylic acids is 2. The molecule has 44 heavy (non-hydrogen) atoms. The van der Waals surface area contributed by atoms with Crippen LogP contribution in [0.4, 0.5) is 5.69 Å². The van der Waals surface area contributed by atoms with Crippen LogP contribution in [-0.4, -0.2) is 29.2 Å². The van der Waals surface area contributed by atoms with Crippen molar-refractivity contribution in [2.45, 2.75) is 27.4 Å². The summed E-state index contributed by atoms with van der Waals surface area (Å²) in [4.78, 5) is 25.0. The number of hydrazone groups is 1. The normalized spacial score (nSPS) is 11.0. The Hall–Kier alpha value is -5.28. The monoisotopic (exact) mass is 610 g/mol. The number of hydrogen-bond acceptors (Lipinski definition) is 6. The van der Waals surface area contributed by atoms with Gasteiger partial charge in [-0.3, -0.25) is 9.59 Å². The van der Waals surface area contributed by atoms with Gasteiger partial charge in [0.1, 0.15) is 23.9 Å². The van der Waals surface area contributed by atoms with E-state index in [0.29, 0.717) is 33.5 Å². The minimum Gasteiger partial charge on any atom is -0.486 e. The lowest BCUT2D eigenvalue weighted by atomic mass is 10.2. The fraction of sp³-hybridized carbons (Fsp3) is 0.147. The summed E-state index contributed by atoms with van der Waals surface area (Å²) in [5, 5.41) is 7.23. The Morgan fingerprint density at radius 3 is 2.34 bits per heavy atom. The minimum atomic E-state index is -0.545. The van der Waals surface area contributed by atoms with Gasteiger partial charge < -0.3 is 23.8 Å². The van der Waals surface area contributed by atoms with Crippen molar-refractivity contribution in [1.29, 1.82) is 0 Å². The summed E-state index contributed by atoms with van der Waals surface area (Å²) in [6, 6.07) is 27.5. The van der Waals surface area contributed by atoms with Crippen LogP contribution in [0.1, 0.15) is 38.8 Å². The maximum atomic E-state index is 12.6. The molecule has 9 nitrogen and oxygen atoms in total. The number of anilines is 1. The molecule has 224 valence electrons. The predicted octanol–water partition coefficient (Wildman–Crippen LogP) is 7.01. The van der Waals surface area contributed by atoms with Crippen LogP contribution >= 0.6 is 11.6 Å². The number of hydrogen-bond donors (Lipinski definition) is 2. The third kappa shape index (κ3) is 7.76. The second-order valence-electron chi connectivity index (χ2n) is 10.1. The fourth-order valence-corrected chi connectivity index (χ4v) is 4.62. The van der Waals surface area contributed by atoms with Crippen molar-refractivity contribution >= 4 is 35.3 Å². The van der Waals surface area contributed by atoms with Gasteiger partial charge in [0.25, 0.3) is 5.91 Å². The first-order valence-corrected chi connectivity index (χ1v) is 14.2. The smallest absolute Gasteiger partial charge is 0.307 e. The molecule has 2 amide bonds. The van der Waals surface area contributed by atoms with E-state index in [4.69, 9.17) is 25.5 Å². The molecule has 5 aromatic rings. The topological polar surface area (TPSA) is 107 Å². The van der Waals surface area contributed by atoms with Crippen molar-refractivity contribution in [3.05, 3.63) is 130 Å². The number of halogens is 1. The first kappa shape index (κ1) is 30.2. The van der Waals surface area contributed by atoms with Gasteiger partial charge in [-0.2, -0.15) is 5.10 Å². The predicted molar refractivity (Wildman–Crippen MR) is 170 cm³/mol. The third-order valence-electron chi connectivity index (χ3n) is 6.67. The molecule has 2 N–H and O–H groups in total. The summed E-state index contributed by atoms with van der Waals surface area (Å²) in [6.45, 7) is 6.02. The first-order chi connectivity index (χ1) is 21.2. The number of amides is 2. The summed E-state index contributed by atoms with van der Waals surface area (Å²) in [5.41, 5.74) is 8.02. The van der Waals surface area contributed by atoms with Gasteiger partial charge in [-0.15, -0.1) is 0 Å². The number of ether oxygens (including phenoxy) is 2. The van der Waals surface area contributed by atoms with Crippen LogP contribution < -0.4 is 20.2 Å². The molecule has 0 saturated heterocycles. The van der Waals surface area contributed by atoms with Gasteiger partial charge in [0.15, 0.2) is 12.4 Å². The number of nitrogens with zero attached hydrogens (tertiary/aromatic N) is 2. The van der Waals surface area contributed by atoms with Gasteiger partial charge in [-0.1, -0.05) is 29.3 Å². The van der Waals surface area contributed by atoms with Crippen LogP contribution in [0.15, 0.2) is 101 Å². The molecule has 3 aromatic carbocycles. The Kier molecular flexibility index (Phi) is 9.46. The largest absolute Gasteiger partial charge is 0.486 e. The molecule has 0 radical (unpaired) electrons. The SMILES string of the molecule is Cc1ccc(NC(=O)COc2ccc(Cl)cc2/C=N/NC(=O)c2ccc(COc3ccc(-n4c(C)ccc4C)cc3)o2)cc1. The van der Waals surface area contributed by atoms with Gasteiger partial charge in [-0.05, 0) is 99.6 Å². The van der Waals surface area contributed by atoms with Crippen LogP contribution in [0, 0.1) is 20.8 Å². The van der Waals surface area contributed by atoms with Crippen molar-refractivity contribution in [3.63, 3.8) is 0 Å². The van der Waals surface area contributed by atoms with Gasteiger partial charge >= 0.3 is 5.91 Å². The van der Waals surface area contributed by atoms with Crippen LogP contribution in [0.2, 0.25) is 5.02 Å². The second kappa shape index (κ2) is 13.8. The summed E-state index contributed by atoms with van der Waals surface area (Å²) < 4.78 is 19.3. The average molecular weight is 611 g/mol. The number of nitrogens with one attached hydrogen (secondary N) is 2. The Morgan fingerprint density at radius 1 is 0.886 bits per heavy atom. The zero-order valence-electron chi connectivity index (χ0n) is 24.5. The molecule has 10 heteroatoms. The highest BCUT2D eigenvalue weighted by atomic mass is 35.5. The van der Waals surface area contributed by atoms with E-state index in [1.807, 2.05) is 55.5 Å². The number of aryl methyl sites for hydroxylation is 3. The molecule has 0 aliphatic heterocycles. The molecule has 5 rings (SSSR count). The number of carbonyl (C=O) groups is 2. The molecule has 0 fully saturated rings. The van der Waals surface area contributed by atoms with E-state index in [9.17, 15) is 9.59 Å². The standard InChI is InChI=1S/C34H31ClN4O5/c1-22-4-9-27(10-5-22)37-33(40)21-43-31-16-8-26(35)18-25(31)19-36-38-34(41)32-17-15-30(44-32)20-42-29-13-11-28(12-14-29)39-23(2)6-7-24(39)3/h4-19H,20-21H2,1-3H3,(H,37,40)(H,38,41)/b36-19+. The lowest BCUT2D eigenvalue weighted by molar-refractivity contribution is -0.118.